The van der Waals surface area contributed by atoms with Crippen LogP contribution >= 0.6 is 0 Å². The van der Waals surface area contributed by atoms with Crippen LogP contribution in [0.2, 0.25) is 0 Å². The number of rotatable bonds is 6. The third kappa shape index (κ3) is 4.40. The van der Waals surface area contributed by atoms with Crippen molar-refractivity contribution in [1.82, 2.24) is 20.3 Å². The molecule has 0 spiro atoms. The molecule has 1 N–H and O–H groups in total. The number of halogens is 1. The number of benzene rings is 2. The van der Waals surface area contributed by atoms with Gasteiger partial charge in [0, 0.05) is 24.2 Å². The fraction of sp³-hybridized carbons (Fsp3) is 0.136. The molecule has 1 atom stereocenters. The Morgan fingerprint density at radius 1 is 1.17 bits per heavy atom. The summed E-state index contributed by atoms with van der Waals surface area (Å²) < 4.78 is 20.2. The van der Waals surface area contributed by atoms with Gasteiger partial charge in [0.05, 0.1) is 23.6 Å². The summed E-state index contributed by atoms with van der Waals surface area (Å²) in [5, 5.41) is 11.1. The summed E-state index contributed by atoms with van der Waals surface area (Å²) >= 11 is 0. The highest BCUT2D eigenvalue weighted by atomic mass is 19.1. The summed E-state index contributed by atoms with van der Waals surface area (Å²) in [7, 11) is 0. The molecule has 1 unspecified atom stereocenters. The van der Waals surface area contributed by atoms with E-state index in [1.807, 2.05) is 43.5 Å². The van der Waals surface area contributed by atoms with Gasteiger partial charge in [-0.1, -0.05) is 35.5 Å². The first-order chi connectivity index (χ1) is 14.1. The molecule has 6 nitrogen and oxygen atoms in total. The lowest BCUT2D eigenvalue weighted by atomic mass is 10.1. The van der Waals surface area contributed by atoms with E-state index in [1.54, 1.807) is 29.1 Å². The number of aromatic nitrogens is 3. The molecule has 1 amide bonds. The topological polar surface area (TPSA) is 73.0 Å². The molecule has 0 saturated carbocycles. The third-order valence-electron chi connectivity index (χ3n) is 4.53. The number of carbonyl (C=O) groups excluding carboxylic acids is 1. The maximum Gasteiger partial charge on any atom is 0.290 e. The van der Waals surface area contributed by atoms with Gasteiger partial charge in [0.25, 0.3) is 5.91 Å². The normalized spacial score (nSPS) is 11.9. The minimum absolute atomic E-state index is 0.110. The molecule has 0 aliphatic rings. The van der Waals surface area contributed by atoms with Crippen molar-refractivity contribution in [1.29, 1.82) is 0 Å². The summed E-state index contributed by atoms with van der Waals surface area (Å²) in [5.41, 5.74) is 3.12. The molecule has 0 aliphatic carbocycles. The van der Waals surface area contributed by atoms with Crippen molar-refractivity contribution in [2.24, 2.45) is 0 Å². The van der Waals surface area contributed by atoms with Crippen LogP contribution in [0.1, 0.15) is 40.3 Å². The lowest BCUT2D eigenvalue weighted by Crippen LogP contribution is -2.26. The Kier molecular flexibility index (Phi) is 5.20. The molecule has 7 heteroatoms. The first-order valence-corrected chi connectivity index (χ1v) is 9.19. The van der Waals surface area contributed by atoms with Gasteiger partial charge in [-0.2, -0.15) is 5.10 Å². The molecule has 0 bridgehead atoms. The third-order valence-corrected chi connectivity index (χ3v) is 4.53. The standard InChI is InChI=1S/C22H19FN4O2/c1-15(17-13-24-27(14-17)20-8-3-2-4-9-20)25-22(28)21-12-19(26-29-21)11-16-6-5-7-18(23)10-16/h2-10,12-15H,11H2,1H3,(H,25,28). The van der Waals surface area contributed by atoms with E-state index < -0.39 is 0 Å². The first kappa shape index (κ1) is 18.6. The minimum atomic E-state index is -0.372. The van der Waals surface area contributed by atoms with E-state index in [1.165, 1.54) is 12.1 Å². The van der Waals surface area contributed by atoms with Gasteiger partial charge in [-0.05, 0) is 36.8 Å². The Balaban J connectivity index is 1.40. The Morgan fingerprint density at radius 2 is 2.00 bits per heavy atom. The van der Waals surface area contributed by atoms with E-state index in [0.717, 1.165) is 16.8 Å². The monoisotopic (exact) mass is 390 g/mol. The Hall–Kier alpha value is -3.74. The Bertz CT molecular complexity index is 1120. The van der Waals surface area contributed by atoms with Gasteiger partial charge >= 0.3 is 0 Å². The van der Waals surface area contributed by atoms with E-state index in [9.17, 15) is 9.18 Å². The van der Waals surface area contributed by atoms with Gasteiger partial charge in [0.2, 0.25) is 5.76 Å². The van der Waals surface area contributed by atoms with Crippen molar-refractivity contribution < 1.29 is 13.7 Å². The quantitative estimate of drug-likeness (QED) is 0.538. The molecule has 2 aromatic carbocycles. The van der Waals surface area contributed by atoms with Crippen LogP contribution in [-0.2, 0) is 6.42 Å². The number of nitrogens with zero attached hydrogens (tertiary/aromatic N) is 3. The zero-order valence-electron chi connectivity index (χ0n) is 15.7. The largest absolute Gasteiger partial charge is 0.351 e. The van der Waals surface area contributed by atoms with Crippen molar-refractivity contribution in [2.75, 3.05) is 0 Å². The van der Waals surface area contributed by atoms with Crippen LogP contribution in [0.4, 0.5) is 4.39 Å². The molecule has 146 valence electrons. The summed E-state index contributed by atoms with van der Waals surface area (Å²) in [6.45, 7) is 1.87. The fourth-order valence-electron chi connectivity index (χ4n) is 2.99. The predicted molar refractivity (Wildman–Crippen MR) is 105 cm³/mol. The summed E-state index contributed by atoms with van der Waals surface area (Å²) in [5.74, 6) is -0.574. The second kappa shape index (κ2) is 8.10. The zero-order valence-corrected chi connectivity index (χ0v) is 15.7. The number of para-hydroxylation sites is 1. The van der Waals surface area contributed by atoms with Gasteiger partial charge in [-0.15, -0.1) is 0 Å². The van der Waals surface area contributed by atoms with Gasteiger partial charge in [0.1, 0.15) is 5.82 Å². The lowest BCUT2D eigenvalue weighted by molar-refractivity contribution is 0.0902. The molecule has 29 heavy (non-hydrogen) atoms. The molecule has 0 fully saturated rings. The van der Waals surface area contributed by atoms with Crippen LogP contribution in [0.5, 0.6) is 0 Å². The molecule has 4 aromatic rings. The summed E-state index contributed by atoms with van der Waals surface area (Å²) in [6.07, 6.45) is 3.97. The molecular weight excluding hydrogens is 371 g/mol. The van der Waals surface area contributed by atoms with Crippen molar-refractivity contribution in [3.8, 4) is 5.69 Å². The smallest absolute Gasteiger partial charge is 0.290 e. The molecular formula is C22H19FN4O2. The number of carbonyl (C=O) groups is 1. The maximum absolute atomic E-state index is 13.3. The highest BCUT2D eigenvalue weighted by Gasteiger charge is 2.18. The molecule has 4 rings (SSSR count). The van der Waals surface area contributed by atoms with E-state index in [2.05, 4.69) is 15.6 Å². The van der Waals surface area contributed by atoms with Gasteiger partial charge < -0.3 is 9.84 Å². The van der Waals surface area contributed by atoms with Crippen molar-refractivity contribution >= 4 is 5.91 Å². The average molecular weight is 390 g/mol. The van der Waals surface area contributed by atoms with E-state index in [-0.39, 0.29) is 23.5 Å². The molecule has 2 heterocycles. The number of amides is 1. The number of hydrogen-bond acceptors (Lipinski definition) is 4. The van der Waals surface area contributed by atoms with Crippen LogP contribution in [0.25, 0.3) is 5.69 Å². The van der Waals surface area contributed by atoms with Crippen LogP contribution < -0.4 is 5.32 Å². The first-order valence-electron chi connectivity index (χ1n) is 9.19. The SMILES string of the molecule is CC(NC(=O)c1cc(Cc2cccc(F)c2)no1)c1cnn(-c2ccccc2)c1. The van der Waals surface area contributed by atoms with Gasteiger partial charge in [-0.3, -0.25) is 4.79 Å². The highest BCUT2D eigenvalue weighted by molar-refractivity contribution is 5.91. The van der Waals surface area contributed by atoms with Crippen LogP contribution in [0.15, 0.2) is 77.6 Å². The Labute approximate surface area is 167 Å². The second-order valence-electron chi connectivity index (χ2n) is 6.74. The maximum atomic E-state index is 13.3. The van der Waals surface area contributed by atoms with Crippen molar-refractivity contribution in [3.05, 3.63) is 101 Å². The zero-order chi connectivity index (χ0) is 20.2. The number of hydrogen-bond donors (Lipinski definition) is 1. The van der Waals surface area contributed by atoms with Crippen LogP contribution in [-0.4, -0.2) is 20.8 Å². The van der Waals surface area contributed by atoms with Crippen molar-refractivity contribution in [3.63, 3.8) is 0 Å². The van der Waals surface area contributed by atoms with E-state index >= 15 is 0 Å². The molecule has 0 saturated heterocycles. The summed E-state index contributed by atoms with van der Waals surface area (Å²) in [6, 6.07) is 17.3. The average Bonchev–Trinajstić information content (AvgIpc) is 3.39. The highest BCUT2D eigenvalue weighted by Crippen LogP contribution is 2.16. The fourth-order valence-corrected chi connectivity index (χ4v) is 2.99. The van der Waals surface area contributed by atoms with E-state index in [0.29, 0.717) is 12.1 Å². The lowest BCUT2D eigenvalue weighted by Gasteiger charge is -2.10. The number of nitrogens with one attached hydrogen (secondary N) is 1. The van der Waals surface area contributed by atoms with E-state index in [4.69, 9.17) is 4.52 Å². The van der Waals surface area contributed by atoms with Crippen LogP contribution in [0, 0.1) is 5.82 Å². The Morgan fingerprint density at radius 3 is 2.79 bits per heavy atom. The summed E-state index contributed by atoms with van der Waals surface area (Å²) in [4.78, 5) is 12.5. The van der Waals surface area contributed by atoms with Crippen LogP contribution in [0.3, 0.4) is 0 Å². The molecule has 2 aromatic heterocycles. The molecule has 0 radical (unpaired) electrons. The predicted octanol–water partition coefficient (Wildman–Crippen LogP) is 4.08. The van der Waals surface area contributed by atoms with Gasteiger partial charge in [-0.25, -0.2) is 9.07 Å². The second-order valence-corrected chi connectivity index (χ2v) is 6.74. The molecule has 0 aliphatic heterocycles. The van der Waals surface area contributed by atoms with Gasteiger partial charge in [0.15, 0.2) is 0 Å². The minimum Gasteiger partial charge on any atom is -0.351 e. The van der Waals surface area contributed by atoms with Crippen molar-refractivity contribution in [2.45, 2.75) is 19.4 Å².